The van der Waals surface area contributed by atoms with Crippen LogP contribution >= 0.6 is 0 Å². The van der Waals surface area contributed by atoms with Crippen LogP contribution in [-0.2, 0) is 13.0 Å². The summed E-state index contributed by atoms with van der Waals surface area (Å²) >= 11 is 0. The summed E-state index contributed by atoms with van der Waals surface area (Å²) in [6, 6.07) is 0. The largest absolute Gasteiger partial charge is 0.409 e. The van der Waals surface area contributed by atoms with Gasteiger partial charge in [-0.1, -0.05) is 38.6 Å². The van der Waals surface area contributed by atoms with Crippen LogP contribution in [0.1, 0.15) is 40.5 Å². The Morgan fingerprint density at radius 2 is 1.60 bits per heavy atom. The van der Waals surface area contributed by atoms with Crippen LogP contribution in [0.2, 0.25) is 13.1 Å². The fourth-order valence-corrected chi connectivity index (χ4v) is 7.95. The standard InChI is InChI=1S/C15H32O3Si2/c1-9-12-15(6)17-20(8,11-3)18-19(7,10-2)16-13-14(4)5/h10-11,14-15H,2-3,9,12-13H2,1,4-8H3. The average molecular weight is 317 g/mol. The summed E-state index contributed by atoms with van der Waals surface area (Å²) in [5.41, 5.74) is 3.67. The molecule has 3 unspecified atom stereocenters. The summed E-state index contributed by atoms with van der Waals surface area (Å²) in [4.78, 5) is 0. The Hall–Kier alpha value is -0.206. The molecular weight excluding hydrogens is 284 g/mol. The second-order valence-electron chi connectivity index (χ2n) is 5.96. The molecule has 118 valence electrons. The molecule has 0 saturated heterocycles. The maximum atomic E-state index is 6.29. The van der Waals surface area contributed by atoms with E-state index in [2.05, 4.69) is 40.9 Å². The Morgan fingerprint density at radius 3 is 2.00 bits per heavy atom. The molecule has 0 rings (SSSR count). The molecule has 0 bridgehead atoms. The summed E-state index contributed by atoms with van der Waals surface area (Å²) in [6.07, 6.45) is 2.31. The summed E-state index contributed by atoms with van der Waals surface area (Å²) in [5, 5.41) is 0. The van der Waals surface area contributed by atoms with Crippen LogP contribution in [0.5, 0.6) is 0 Å². The van der Waals surface area contributed by atoms with Crippen molar-refractivity contribution in [2.45, 2.75) is 59.7 Å². The lowest BCUT2D eigenvalue weighted by Crippen LogP contribution is -2.51. The van der Waals surface area contributed by atoms with Crippen LogP contribution in [0.4, 0.5) is 0 Å². The Morgan fingerprint density at radius 1 is 1.05 bits per heavy atom. The predicted molar refractivity (Wildman–Crippen MR) is 91.0 cm³/mol. The molecule has 0 radical (unpaired) electrons. The highest BCUT2D eigenvalue weighted by molar-refractivity contribution is 6.84. The fourth-order valence-electron chi connectivity index (χ4n) is 1.84. The van der Waals surface area contributed by atoms with Crippen LogP contribution in [0, 0.1) is 5.92 Å². The van der Waals surface area contributed by atoms with Gasteiger partial charge in [-0.25, -0.2) is 0 Å². The highest BCUT2D eigenvalue weighted by Gasteiger charge is 2.40. The Balaban J connectivity index is 4.78. The van der Waals surface area contributed by atoms with Crippen molar-refractivity contribution in [3.63, 3.8) is 0 Å². The van der Waals surface area contributed by atoms with Crippen molar-refractivity contribution >= 4 is 17.1 Å². The first kappa shape index (κ1) is 19.8. The van der Waals surface area contributed by atoms with E-state index < -0.39 is 17.1 Å². The zero-order valence-corrected chi connectivity index (χ0v) is 16.1. The quantitative estimate of drug-likeness (QED) is 0.526. The third kappa shape index (κ3) is 7.54. The highest BCUT2D eigenvalue weighted by atomic mass is 28.5. The van der Waals surface area contributed by atoms with E-state index in [-0.39, 0.29) is 6.10 Å². The van der Waals surface area contributed by atoms with Crippen molar-refractivity contribution in [1.29, 1.82) is 0 Å². The lowest BCUT2D eigenvalue weighted by Gasteiger charge is -2.35. The molecule has 0 saturated carbocycles. The van der Waals surface area contributed by atoms with Crippen LogP contribution in [0.15, 0.2) is 24.6 Å². The van der Waals surface area contributed by atoms with Gasteiger partial charge in [-0.2, -0.15) is 0 Å². The summed E-state index contributed by atoms with van der Waals surface area (Å²) < 4.78 is 18.4. The minimum atomic E-state index is -2.42. The van der Waals surface area contributed by atoms with Crippen LogP contribution in [-0.4, -0.2) is 29.8 Å². The van der Waals surface area contributed by atoms with E-state index in [1.165, 1.54) is 0 Å². The maximum absolute atomic E-state index is 6.29. The van der Waals surface area contributed by atoms with Gasteiger partial charge in [-0.15, -0.1) is 13.2 Å². The molecule has 3 nitrogen and oxygen atoms in total. The van der Waals surface area contributed by atoms with Gasteiger partial charge < -0.3 is 13.0 Å². The smallest absolute Gasteiger partial charge is 0.352 e. The van der Waals surface area contributed by atoms with Crippen molar-refractivity contribution in [3.05, 3.63) is 24.6 Å². The number of rotatable bonds is 11. The first-order valence-corrected chi connectivity index (χ1v) is 12.3. The molecule has 3 atom stereocenters. The molecule has 0 aromatic heterocycles. The van der Waals surface area contributed by atoms with Gasteiger partial charge in [0, 0.05) is 12.7 Å². The molecule has 5 heteroatoms. The van der Waals surface area contributed by atoms with Crippen LogP contribution in [0.3, 0.4) is 0 Å². The zero-order valence-electron chi connectivity index (χ0n) is 14.1. The van der Waals surface area contributed by atoms with Gasteiger partial charge in [0.15, 0.2) is 0 Å². The van der Waals surface area contributed by atoms with Crippen molar-refractivity contribution < 1.29 is 13.0 Å². The Bertz CT molecular complexity index is 309. The molecule has 0 heterocycles. The average Bonchev–Trinajstić information content (AvgIpc) is 2.36. The normalized spacial score (nSPS) is 19.1. The predicted octanol–water partition coefficient (Wildman–Crippen LogP) is 4.48. The monoisotopic (exact) mass is 316 g/mol. The van der Waals surface area contributed by atoms with Crippen molar-refractivity contribution in [1.82, 2.24) is 0 Å². The van der Waals surface area contributed by atoms with Gasteiger partial charge in [0.2, 0.25) is 0 Å². The number of hydrogen-bond donors (Lipinski definition) is 0. The van der Waals surface area contributed by atoms with Crippen LogP contribution < -0.4 is 0 Å². The molecular formula is C15H32O3Si2. The molecule has 0 amide bonds. The lowest BCUT2D eigenvalue weighted by atomic mass is 10.2. The minimum Gasteiger partial charge on any atom is -0.409 e. The molecule has 0 aliphatic carbocycles. The molecule has 0 fully saturated rings. The van der Waals surface area contributed by atoms with Gasteiger partial charge in [0.1, 0.15) is 0 Å². The van der Waals surface area contributed by atoms with E-state index in [1.54, 1.807) is 0 Å². The summed E-state index contributed by atoms with van der Waals surface area (Å²) in [6.45, 7) is 21.0. The van der Waals surface area contributed by atoms with Gasteiger partial charge >= 0.3 is 17.1 Å². The maximum Gasteiger partial charge on any atom is 0.352 e. The van der Waals surface area contributed by atoms with E-state index in [4.69, 9.17) is 13.0 Å². The SMILES string of the molecule is C=C[Si](C)(OCC(C)C)O[Si](C)(C=C)OC(C)CCC. The lowest BCUT2D eigenvalue weighted by molar-refractivity contribution is 0.145. The third-order valence-electron chi connectivity index (χ3n) is 2.98. The molecule has 0 aliphatic rings. The first-order chi connectivity index (χ1) is 9.20. The van der Waals surface area contributed by atoms with E-state index >= 15 is 0 Å². The van der Waals surface area contributed by atoms with Crippen LogP contribution in [0.25, 0.3) is 0 Å². The molecule has 0 aromatic rings. The topological polar surface area (TPSA) is 27.7 Å². The van der Waals surface area contributed by atoms with Gasteiger partial charge in [0.05, 0.1) is 0 Å². The Labute approximate surface area is 127 Å². The molecule has 0 N–H and O–H groups in total. The van der Waals surface area contributed by atoms with Gasteiger partial charge in [0.25, 0.3) is 0 Å². The Kier molecular flexibility index (Phi) is 8.85. The molecule has 0 spiro atoms. The zero-order chi connectivity index (χ0) is 15.8. The van der Waals surface area contributed by atoms with Crippen molar-refractivity contribution in [2.24, 2.45) is 5.92 Å². The van der Waals surface area contributed by atoms with E-state index in [9.17, 15) is 0 Å². The van der Waals surface area contributed by atoms with Gasteiger partial charge in [-0.3, -0.25) is 0 Å². The van der Waals surface area contributed by atoms with E-state index in [1.807, 2.05) is 24.5 Å². The van der Waals surface area contributed by atoms with Gasteiger partial charge in [-0.05, 0) is 32.4 Å². The molecule has 20 heavy (non-hydrogen) atoms. The van der Waals surface area contributed by atoms with Crippen molar-refractivity contribution in [3.8, 4) is 0 Å². The first-order valence-electron chi connectivity index (χ1n) is 7.49. The second kappa shape index (κ2) is 8.94. The molecule has 0 aromatic carbocycles. The van der Waals surface area contributed by atoms with E-state index in [0.717, 1.165) is 12.8 Å². The summed E-state index contributed by atoms with van der Waals surface area (Å²) in [7, 11) is -4.83. The summed E-state index contributed by atoms with van der Waals surface area (Å²) in [5.74, 6) is 0.474. The molecule has 0 aliphatic heterocycles. The number of hydrogen-bond acceptors (Lipinski definition) is 3. The minimum absolute atomic E-state index is 0.183. The fraction of sp³-hybridized carbons (Fsp3) is 0.733. The van der Waals surface area contributed by atoms with E-state index in [0.29, 0.717) is 12.5 Å². The highest BCUT2D eigenvalue weighted by Crippen LogP contribution is 2.22. The second-order valence-corrected chi connectivity index (χ2v) is 12.2. The third-order valence-corrected chi connectivity index (χ3v) is 9.32. The van der Waals surface area contributed by atoms with Crippen molar-refractivity contribution in [2.75, 3.05) is 6.61 Å².